The molecule has 2 N–H and O–H groups in total. The van der Waals surface area contributed by atoms with Crippen molar-refractivity contribution in [3.8, 4) is 0 Å². The van der Waals surface area contributed by atoms with Crippen molar-refractivity contribution in [2.24, 2.45) is 0 Å². The lowest BCUT2D eigenvalue weighted by atomic mass is 10.1. The number of carbonyl (C=O) groups is 1. The van der Waals surface area contributed by atoms with Crippen LogP contribution in [0.3, 0.4) is 0 Å². The van der Waals surface area contributed by atoms with Gasteiger partial charge in [0.1, 0.15) is 0 Å². The van der Waals surface area contributed by atoms with E-state index < -0.39 is 10.0 Å². The maximum absolute atomic E-state index is 12.5. The number of benzene rings is 1. The minimum absolute atomic E-state index is 0. The Morgan fingerprint density at radius 3 is 2.62 bits per heavy atom. The van der Waals surface area contributed by atoms with Crippen molar-refractivity contribution in [1.29, 1.82) is 0 Å². The number of likely N-dealkylation sites (N-methyl/N-ethyl adjacent to an activating group) is 1. The number of sulfonamides is 1. The number of halogens is 1. The summed E-state index contributed by atoms with van der Waals surface area (Å²) in [5, 5.41) is 5.14. The molecule has 0 spiro atoms. The van der Waals surface area contributed by atoms with Gasteiger partial charge in [-0.1, -0.05) is 6.07 Å². The third-order valence-corrected chi connectivity index (χ3v) is 6.62. The Labute approximate surface area is 164 Å². The lowest BCUT2D eigenvalue weighted by Crippen LogP contribution is -2.38. The molecule has 0 aliphatic carbocycles. The Hall–Kier alpha value is -1.45. The molecule has 6 nitrogen and oxygen atoms in total. The fourth-order valence-electron chi connectivity index (χ4n) is 2.78. The summed E-state index contributed by atoms with van der Waals surface area (Å²) in [6.07, 6.45) is 0.932. The molecule has 1 saturated heterocycles. The van der Waals surface area contributed by atoms with E-state index in [0.717, 1.165) is 24.4 Å². The van der Waals surface area contributed by atoms with Crippen molar-refractivity contribution in [3.05, 3.63) is 52.2 Å². The first-order valence-electron chi connectivity index (χ1n) is 8.07. The van der Waals surface area contributed by atoms with Crippen LogP contribution in [0.15, 0.2) is 46.7 Å². The second-order valence-corrected chi connectivity index (χ2v) is 8.79. The molecule has 1 aliphatic rings. The van der Waals surface area contributed by atoms with E-state index in [-0.39, 0.29) is 35.8 Å². The van der Waals surface area contributed by atoms with Gasteiger partial charge in [0.25, 0.3) is 5.91 Å². The molecule has 0 radical (unpaired) electrons. The molecule has 1 amide bonds. The molecule has 1 aliphatic heterocycles. The van der Waals surface area contributed by atoms with Crippen LogP contribution in [0.1, 0.15) is 21.7 Å². The Morgan fingerprint density at radius 1 is 1.31 bits per heavy atom. The molecular formula is C17H22ClN3O3S2. The van der Waals surface area contributed by atoms with Crippen molar-refractivity contribution in [3.63, 3.8) is 0 Å². The van der Waals surface area contributed by atoms with Crippen LogP contribution in [0.2, 0.25) is 0 Å². The summed E-state index contributed by atoms with van der Waals surface area (Å²) in [7, 11) is -1.81. The van der Waals surface area contributed by atoms with Crippen molar-refractivity contribution in [1.82, 2.24) is 14.9 Å². The molecule has 2 aromatic rings. The first-order chi connectivity index (χ1) is 12.0. The Bertz CT molecular complexity index is 817. The summed E-state index contributed by atoms with van der Waals surface area (Å²) in [5.74, 6) is -0.0933. The highest BCUT2D eigenvalue weighted by molar-refractivity contribution is 7.89. The molecule has 9 heteroatoms. The highest BCUT2D eigenvalue weighted by atomic mass is 35.5. The molecule has 142 valence electrons. The van der Waals surface area contributed by atoms with E-state index >= 15 is 0 Å². The van der Waals surface area contributed by atoms with Gasteiger partial charge in [-0.05, 0) is 48.7 Å². The van der Waals surface area contributed by atoms with E-state index in [9.17, 15) is 13.2 Å². The maximum atomic E-state index is 12.5. The van der Waals surface area contributed by atoms with Crippen LogP contribution in [0.25, 0.3) is 0 Å². The monoisotopic (exact) mass is 415 g/mol. The van der Waals surface area contributed by atoms with Crippen LogP contribution in [0, 0.1) is 0 Å². The second-order valence-electron chi connectivity index (χ2n) is 5.99. The van der Waals surface area contributed by atoms with Crippen LogP contribution >= 0.6 is 23.7 Å². The van der Waals surface area contributed by atoms with Crippen LogP contribution in [-0.2, 0) is 16.6 Å². The smallest absolute Gasteiger partial charge is 0.253 e. The standard InChI is InChI=1S/C17H21N3O3S2.ClH/c1-20(14-8-9-18-11-14)17(21)13-4-6-16(7-5-13)25(22,23)19-12-15-3-2-10-24-15;/h2-7,10,14,18-19H,8-9,11-12H2,1H3;1H. The quantitative estimate of drug-likeness (QED) is 0.757. The van der Waals surface area contributed by atoms with Gasteiger partial charge in [-0.3, -0.25) is 4.79 Å². The van der Waals surface area contributed by atoms with Crippen molar-refractivity contribution in [2.45, 2.75) is 23.9 Å². The molecule has 0 bridgehead atoms. The van der Waals surface area contributed by atoms with E-state index in [1.165, 1.54) is 23.5 Å². The number of amides is 1. The number of thiophene rings is 1. The zero-order chi connectivity index (χ0) is 17.9. The normalized spacial score (nSPS) is 16.9. The number of hydrogen-bond acceptors (Lipinski definition) is 5. The summed E-state index contributed by atoms with van der Waals surface area (Å²) >= 11 is 1.50. The van der Waals surface area contributed by atoms with E-state index in [0.29, 0.717) is 5.56 Å². The Morgan fingerprint density at radius 2 is 2.04 bits per heavy atom. The molecule has 1 atom stereocenters. The maximum Gasteiger partial charge on any atom is 0.253 e. The van der Waals surface area contributed by atoms with E-state index in [4.69, 9.17) is 0 Å². The minimum Gasteiger partial charge on any atom is -0.337 e. The largest absolute Gasteiger partial charge is 0.337 e. The summed E-state index contributed by atoms with van der Waals surface area (Å²) < 4.78 is 27.3. The van der Waals surface area contributed by atoms with Gasteiger partial charge >= 0.3 is 0 Å². The minimum atomic E-state index is -3.59. The average molecular weight is 416 g/mol. The van der Waals surface area contributed by atoms with Gasteiger partial charge in [-0.2, -0.15) is 0 Å². The zero-order valence-corrected chi connectivity index (χ0v) is 16.8. The molecule has 26 heavy (non-hydrogen) atoms. The fraction of sp³-hybridized carbons (Fsp3) is 0.353. The predicted octanol–water partition coefficient (Wildman–Crippen LogP) is 2.08. The lowest BCUT2D eigenvalue weighted by molar-refractivity contribution is 0.0743. The van der Waals surface area contributed by atoms with Crippen LogP contribution in [0.4, 0.5) is 0 Å². The molecule has 3 rings (SSSR count). The van der Waals surface area contributed by atoms with E-state index in [1.54, 1.807) is 24.1 Å². The van der Waals surface area contributed by atoms with Crippen molar-refractivity contribution >= 4 is 39.7 Å². The highest BCUT2D eigenvalue weighted by Crippen LogP contribution is 2.16. The molecule has 2 heterocycles. The Balaban J connectivity index is 0.00000243. The fourth-order valence-corrected chi connectivity index (χ4v) is 4.52. The average Bonchev–Trinajstić information content (AvgIpc) is 3.32. The summed E-state index contributed by atoms with van der Waals surface area (Å²) in [6, 6.07) is 10.0. The van der Waals surface area contributed by atoms with Crippen molar-refractivity contribution in [2.75, 3.05) is 20.1 Å². The van der Waals surface area contributed by atoms with Gasteiger partial charge in [0.15, 0.2) is 0 Å². The number of carbonyl (C=O) groups excluding carboxylic acids is 1. The summed E-state index contributed by atoms with van der Waals surface area (Å²) in [6.45, 7) is 1.97. The predicted molar refractivity (Wildman–Crippen MR) is 105 cm³/mol. The molecule has 1 unspecified atom stereocenters. The van der Waals surface area contributed by atoms with E-state index in [2.05, 4.69) is 10.0 Å². The number of hydrogen-bond donors (Lipinski definition) is 2. The molecular weight excluding hydrogens is 394 g/mol. The number of nitrogens with one attached hydrogen (secondary N) is 2. The highest BCUT2D eigenvalue weighted by Gasteiger charge is 2.24. The van der Waals surface area contributed by atoms with Gasteiger partial charge in [0, 0.05) is 36.6 Å². The van der Waals surface area contributed by atoms with Crippen LogP contribution < -0.4 is 10.0 Å². The molecule has 1 aromatic heterocycles. The van der Waals surface area contributed by atoms with Gasteiger partial charge in [0.2, 0.25) is 10.0 Å². The van der Waals surface area contributed by atoms with Gasteiger partial charge in [0.05, 0.1) is 4.90 Å². The summed E-state index contributed by atoms with van der Waals surface area (Å²) in [4.78, 5) is 15.3. The third-order valence-electron chi connectivity index (χ3n) is 4.33. The summed E-state index contributed by atoms with van der Waals surface area (Å²) in [5.41, 5.74) is 0.492. The SMILES string of the molecule is CN(C(=O)c1ccc(S(=O)(=O)NCc2cccs2)cc1)C1CCNC1.Cl. The molecule has 1 aromatic carbocycles. The first kappa shape index (κ1) is 20.9. The van der Waals surface area contributed by atoms with Crippen LogP contribution in [0.5, 0.6) is 0 Å². The van der Waals surface area contributed by atoms with Gasteiger partial charge in [-0.25, -0.2) is 13.1 Å². The van der Waals surface area contributed by atoms with Gasteiger partial charge < -0.3 is 10.2 Å². The Kier molecular flexibility index (Phi) is 7.19. The lowest BCUT2D eigenvalue weighted by Gasteiger charge is -2.23. The van der Waals surface area contributed by atoms with Crippen LogP contribution in [-0.4, -0.2) is 45.4 Å². The first-order valence-corrected chi connectivity index (χ1v) is 10.4. The number of rotatable bonds is 6. The second kappa shape index (κ2) is 8.96. The van der Waals surface area contributed by atoms with Crippen molar-refractivity contribution < 1.29 is 13.2 Å². The van der Waals surface area contributed by atoms with Gasteiger partial charge in [-0.15, -0.1) is 23.7 Å². The third kappa shape index (κ3) is 4.83. The topological polar surface area (TPSA) is 78.5 Å². The zero-order valence-electron chi connectivity index (χ0n) is 14.3. The molecule has 0 saturated carbocycles. The number of nitrogens with zero attached hydrogens (tertiary/aromatic N) is 1. The van der Waals surface area contributed by atoms with E-state index in [1.807, 2.05) is 17.5 Å². The molecule has 1 fully saturated rings.